The van der Waals surface area contributed by atoms with E-state index in [0.29, 0.717) is 0 Å². The zero-order chi connectivity index (χ0) is 12.3. The van der Waals surface area contributed by atoms with Crippen molar-refractivity contribution in [2.45, 2.75) is 6.42 Å². The summed E-state index contributed by atoms with van der Waals surface area (Å²) in [5.41, 5.74) is 1.99. The van der Waals surface area contributed by atoms with E-state index in [4.69, 9.17) is 0 Å². The van der Waals surface area contributed by atoms with Crippen molar-refractivity contribution in [3.63, 3.8) is 0 Å². The summed E-state index contributed by atoms with van der Waals surface area (Å²) in [6.45, 7) is 2.04. The number of aromatic nitrogens is 3. The Morgan fingerprint density at radius 1 is 1.12 bits per heavy atom. The third-order valence-electron chi connectivity index (χ3n) is 2.74. The molecule has 0 bridgehead atoms. The highest BCUT2D eigenvalue weighted by Crippen LogP contribution is 2.09. The molecule has 0 radical (unpaired) electrons. The monoisotopic (exact) mass is 233 g/mol. The highest BCUT2D eigenvalue weighted by molar-refractivity contribution is 5.74. The normalized spacial score (nSPS) is 11.3. The third-order valence-corrected chi connectivity index (χ3v) is 2.74. The first-order valence-corrected chi connectivity index (χ1v) is 5.85. The summed E-state index contributed by atoms with van der Waals surface area (Å²) in [6, 6.07) is 8.01. The highest BCUT2D eigenvalue weighted by Gasteiger charge is 2.06. The Balaban J connectivity index is 2.06. The maximum Gasteiger partial charge on any atom is 0.115 e. The number of rotatable bonds is 5. The smallest absolute Gasteiger partial charge is 0.115 e. The van der Waals surface area contributed by atoms with Gasteiger partial charge < -0.3 is 4.90 Å². The number of benzene rings is 1. The molecule has 0 aliphatic heterocycles. The highest BCUT2D eigenvalue weighted by atomic mass is 15.7. The molecule has 17 heavy (non-hydrogen) atoms. The van der Waals surface area contributed by atoms with Crippen molar-refractivity contribution in [2.24, 2.45) is 0 Å². The molecule has 0 spiro atoms. The van der Waals surface area contributed by atoms with Gasteiger partial charge in [0.1, 0.15) is 11.0 Å². The standard InChI is InChI=1S/C12H19N5/c1-15(2)9-6-10-16(3)17-12-8-5-4-7-11(12)13-14-17/h4-5,7-8H,6,9-10H2,1-3H3. The van der Waals surface area contributed by atoms with E-state index in [1.54, 1.807) is 0 Å². The molecule has 0 fully saturated rings. The van der Waals surface area contributed by atoms with E-state index in [1.165, 1.54) is 0 Å². The Morgan fingerprint density at radius 2 is 1.88 bits per heavy atom. The molecular formula is C12H19N5. The molecule has 0 aliphatic rings. The van der Waals surface area contributed by atoms with Gasteiger partial charge in [-0.1, -0.05) is 12.1 Å². The van der Waals surface area contributed by atoms with Crippen molar-refractivity contribution in [1.29, 1.82) is 0 Å². The Hall–Kier alpha value is -1.62. The van der Waals surface area contributed by atoms with Crippen LogP contribution in [0.5, 0.6) is 0 Å². The first kappa shape index (κ1) is 11.9. The van der Waals surface area contributed by atoms with Gasteiger partial charge in [-0.05, 0) is 44.4 Å². The first-order valence-electron chi connectivity index (χ1n) is 5.85. The van der Waals surface area contributed by atoms with Gasteiger partial charge in [-0.15, -0.1) is 5.10 Å². The summed E-state index contributed by atoms with van der Waals surface area (Å²) in [6.07, 6.45) is 1.11. The van der Waals surface area contributed by atoms with E-state index in [0.717, 1.165) is 30.5 Å². The maximum absolute atomic E-state index is 4.17. The fourth-order valence-electron chi connectivity index (χ4n) is 1.82. The minimum atomic E-state index is 0.937. The lowest BCUT2D eigenvalue weighted by atomic mass is 10.3. The van der Waals surface area contributed by atoms with E-state index >= 15 is 0 Å². The zero-order valence-corrected chi connectivity index (χ0v) is 10.7. The van der Waals surface area contributed by atoms with Crippen molar-refractivity contribution in [3.05, 3.63) is 24.3 Å². The van der Waals surface area contributed by atoms with Crippen LogP contribution in [0, 0.1) is 0 Å². The molecule has 0 atom stereocenters. The number of nitrogens with zero attached hydrogens (tertiary/aromatic N) is 5. The van der Waals surface area contributed by atoms with Crippen LogP contribution in [0.2, 0.25) is 0 Å². The molecule has 0 saturated heterocycles. The van der Waals surface area contributed by atoms with Crippen LogP contribution in [0.3, 0.4) is 0 Å². The number of fused-ring (bicyclic) bond motifs is 1. The molecule has 0 aliphatic carbocycles. The van der Waals surface area contributed by atoms with E-state index < -0.39 is 0 Å². The summed E-state index contributed by atoms with van der Waals surface area (Å²) < 4.78 is 0. The SMILES string of the molecule is CN(C)CCCN(C)n1nnc2ccccc21. The quantitative estimate of drug-likeness (QED) is 0.770. The summed E-state index contributed by atoms with van der Waals surface area (Å²) in [5.74, 6) is 0. The van der Waals surface area contributed by atoms with Gasteiger partial charge in [0.25, 0.3) is 0 Å². The molecule has 92 valence electrons. The lowest BCUT2D eigenvalue weighted by molar-refractivity contribution is 0.393. The van der Waals surface area contributed by atoms with Crippen LogP contribution in [0.15, 0.2) is 24.3 Å². The summed E-state index contributed by atoms with van der Waals surface area (Å²) >= 11 is 0. The summed E-state index contributed by atoms with van der Waals surface area (Å²) in [5, 5.41) is 10.4. The van der Waals surface area contributed by atoms with Gasteiger partial charge in [0.05, 0.1) is 0 Å². The minimum absolute atomic E-state index is 0.937. The minimum Gasteiger partial charge on any atom is -0.309 e. The first-order chi connectivity index (χ1) is 8.18. The fraction of sp³-hybridized carbons (Fsp3) is 0.500. The van der Waals surface area contributed by atoms with E-state index in [9.17, 15) is 0 Å². The molecule has 2 aromatic rings. The average molecular weight is 233 g/mol. The predicted molar refractivity (Wildman–Crippen MR) is 69.7 cm³/mol. The second kappa shape index (κ2) is 5.14. The lowest BCUT2D eigenvalue weighted by Crippen LogP contribution is -2.33. The Labute approximate surface area is 102 Å². The Bertz CT molecular complexity index is 476. The van der Waals surface area contributed by atoms with Gasteiger partial charge in [0.2, 0.25) is 0 Å². The number of para-hydroxylation sites is 1. The van der Waals surface area contributed by atoms with Crippen LogP contribution in [0.4, 0.5) is 0 Å². The van der Waals surface area contributed by atoms with Gasteiger partial charge in [0.15, 0.2) is 0 Å². The van der Waals surface area contributed by atoms with E-state index in [2.05, 4.69) is 34.3 Å². The van der Waals surface area contributed by atoms with Gasteiger partial charge in [-0.25, -0.2) is 0 Å². The Morgan fingerprint density at radius 3 is 2.65 bits per heavy atom. The largest absolute Gasteiger partial charge is 0.309 e. The molecule has 1 heterocycles. The molecule has 5 heteroatoms. The van der Waals surface area contributed by atoms with Crippen LogP contribution in [0.1, 0.15) is 6.42 Å². The molecule has 1 aromatic heterocycles. The van der Waals surface area contributed by atoms with Crippen LogP contribution < -0.4 is 5.01 Å². The lowest BCUT2D eigenvalue weighted by Gasteiger charge is -2.20. The van der Waals surface area contributed by atoms with Crippen molar-refractivity contribution >= 4 is 11.0 Å². The van der Waals surface area contributed by atoms with E-state index in [-0.39, 0.29) is 0 Å². The summed E-state index contributed by atoms with van der Waals surface area (Å²) in [4.78, 5) is 4.05. The van der Waals surface area contributed by atoms with Gasteiger partial charge in [-0.2, -0.15) is 4.79 Å². The molecule has 1 aromatic carbocycles. The average Bonchev–Trinajstić information content (AvgIpc) is 2.72. The van der Waals surface area contributed by atoms with Crippen LogP contribution in [0.25, 0.3) is 11.0 Å². The predicted octanol–water partition coefficient (Wildman–Crippen LogP) is 0.951. The van der Waals surface area contributed by atoms with Crippen molar-refractivity contribution < 1.29 is 0 Å². The maximum atomic E-state index is 4.17. The van der Waals surface area contributed by atoms with Gasteiger partial charge in [0, 0.05) is 13.6 Å². The Kier molecular flexibility index (Phi) is 3.58. The molecule has 0 N–H and O–H groups in total. The van der Waals surface area contributed by atoms with Crippen molar-refractivity contribution in [3.8, 4) is 0 Å². The summed E-state index contributed by atoms with van der Waals surface area (Å²) in [7, 11) is 6.21. The van der Waals surface area contributed by atoms with Crippen LogP contribution in [-0.4, -0.2) is 54.2 Å². The molecular weight excluding hydrogens is 214 g/mol. The van der Waals surface area contributed by atoms with E-state index in [1.807, 2.05) is 36.1 Å². The van der Waals surface area contributed by atoms with Crippen molar-refractivity contribution in [1.82, 2.24) is 20.0 Å². The van der Waals surface area contributed by atoms with Crippen LogP contribution in [-0.2, 0) is 0 Å². The molecule has 2 rings (SSSR count). The third kappa shape index (κ3) is 2.74. The van der Waals surface area contributed by atoms with Gasteiger partial charge in [-0.3, -0.25) is 5.01 Å². The molecule has 5 nitrogen and oxygen atoms in total. The molecule has 0 unspecified atom stereocenters. The zero-order valence-electron chi connectivity index (χ0n) is 10.7. The number of hydrogen-bond acceptors (Lipinski definition) is 4. The molecule has 0 amide bonds. The second-order valence-electron chi connectivity index (χ2n) is 4.51. The van der Waals surface area contributed by atoms with Crippen molar-refractivity contribution in [2.75, 3.05) is 39.2 Å². The fourth-order valence-corrected chi connectivity index (χ4v) is 1.82. The van der Waals surface area contributed by atoms with Crippen LogP contribution >= 0.6 is 0 Å². The topological polar surface area (TPSA) is 37.2 Å². The van der Waals surface area contributed by atoms with Gasteiger partial charge >= 0.3 is 0 Å². The molecule has 0 saturated carbocycles. The number of hydrogen-bond donors (Lipinski definition) is 0. The second-order valence-corrected chi connectivity index (χ2v) is 4.51.